The highest BCUT2D eigenvalue weighted by Crippen LogP contribution is 2.53. The average Bonchev–Trinajstić information content (AvgIpc) is 2.26. The van der Waals surface area contributed by atoms with Crippen molar-refractivity contribution in [3.8, 4) is 0 Å². The Labute approximate surface area is 100 Å². The third kappa shape index (κ3) is 2.03. The summed E-state index contributed by atoms with van der Waals surface area (Å²) in [6.45, 7) is 3.57. The second kappa shape index (κ2) is 4.68. The molecule has 1 N–H and O–H groups in total. The molecule has 4 aliphatic carbocycles. The molecule has 4 bridgehead atoms. The third-order valence-corrected chi connectivity index (χ3v) is 5.39. The van der Waals surface area contributed by atoms with Crippen molar-refractivity contribution in [1.29, 1.82) is 0 Å². The molecular formula is C15H27N. The Morgan fingerprint density at radius 3 is 2.06 bits per heavy atom. The van der Waals surface area contributed by atoms with Gasteiger partial charge in [0.25, 0.3) is 0 Å². The molecule has 4 fully saturated rings. The molecule has 92 valence electrons. The van der Waals surface area contributed by atoms with E-state index in [1.165, 1.54) is 25.8 Å². The lowest BCUT2D eigenvalue weighted by atomic mass is 9.54. The Bertz CT molecular complexity index is 208. The van der Waals surface area contributed by atoms with Crippen LogP contribution in [0, 0.1) is 23.7 Å². The lowest BCUT2D eigenvalue weighted by Gasteiger charge is -2.54. The Morgan fingerprint density at radius 2 is 1.50 bits per heavy atom. The van der Waals surface area contributed by atoms with Crippen LogP contribution in [-0.4, -0.2) is 12.6 Å². The molecule has 1 nitrogen and oxygen atoms in total. The molecule has 0 amide bonds. The van der Waals surface area contributed by atoms with E-state index in [-0.39, 0.29) is 0 Å². The standard InChI is InChI=1S/C15H27N/c1-2-3-4-5-16-15-13-7-11-6-12(9-13)10-14(15)8-11/h11-16H,2-10H2,1H3. The van der Waals surface area contributed by atoms with Gasteiger partial charge < -0.3 is 5.32 Å². The van der Waals surface area contributed by atoms with E-state index in [2.05, 4.69) is 12.2 Å². The maximum atomic E-state index is 3.90. The van der Waals surface area contributed by atoms with Crippen LogP contribution in [0.15, 0.2) is 0 Å². The van der Waals surface area contributed by atoms with Gasteiger partial charge in [0.15, 0.2) is 0 Å². The number of hydrogen-bond donors (Lipinski definition) is 1. The molecule has 0 aromatic heterocycles. The Kier molecular flexibility index (Phi) is 3.24. The minimum atomic E-state index is 0.907. The Balaban J connectivity index is 1.52. The van der Waals surface area contributed by atoms with Crippen LogP contribution in [-0.2, 0) is 0 Å². The van der Waals surface area contributed by atoms with Gasteiger partial charge in [-0.25, -0.2) is 0 Å². The zero-order valence-electron chi connectivity index (χ0n) is 10.8. The lowest BCUT2D eigenvalue weighted by molar-refractivity contribution is -0.0135. The van der Waals surface area contributed by atoms with Gasteiger partial charge in [-0.3, -0.25) is 0 Å². The van der Waals surface area contributed by atoms with Gasteiger partial charge >= 0.3 is 0 Å². The predicted molar refractivity (Wildman–Crippen MR) is 68.4 cm³/mol. The minimum Gasteiger partial charge on any atom is -0.313 e. The molecule has 0 radical (unpaired) electrons. The first-order valence-corrected chi connectivity index (χ1v) is 7.60. The minimum absolute atomic E-state index is 0.907. The van der Waals surface area contributed by atoms with Gasteiger partial charge in [0.1, 0.15) is 0 Å². The molecule has 4 rings (SSSR count). The Hall–Kier alpha value is -0.0400. The van der Waals surface area contributed by atoms with E-state index in [1.54, 1.807) is 32.1 Å². The van der Waals surface area contributed by atoms with Crippen molar-refractivity contribution in [2.45, 2.75) is 64.3 Å². The largest absolute Gasteiger partial charge is 0.313 e. The Morgan fingerprint density at radius 1 is 0.875 bits per heavy atom. The van der Waals surface area contributed by atoms with Crippen molar-refractivity contribution in [3.05, 3.63) is 0 Å². The molecule has 0 heterocycles. The third-order valence-electron chi connectivity index (χ3n) is 5.39. The molecule has 4 saturated carbocycles. The summed E-state index contributed by atoms with van der Waals surface area (Å²) < 4.78 is 0. The summed E-state index contributed by atoms with van der Waals surface area (Å²) in [6.07, 6.45) is 11.9. The summed E-state index contributed by atoms with van der Waals surface area (Å²) in [7, 11) is 0. The van der Waals surface area contributed by atoms with Crippen LogP contribution in [0.4, 0.5) is 0 Å². The number of rotatable bonds is 5. The van der Waals surface area contributed by atoms with E-state index >= 15 is 0 Å². The van der Waals surface area contributed by atoms with Crippen LogP contribution < -0.4 is 5.32 Å². The van der Waals surface area contributed by atoms with E-state index in [4.69, 9.17) is 0 Å². The highest BCUT2D eigenvalue weighted by Gasteiger charge is 2.47. The molecule has 0 saturated heterocycles. The topological polar surface area (TPSA) is 12.0 Å². The van der Waals surface area contributed by atoms with Crippen molar-refractivity contribution >= 4 is 0 Å². The number of hydrogen-bond acceptors (Lipinski definition) is 1. The van der Waals surface area contributed by atoms with Crippen molar-refractivity contribution in [1.82, 2.24) is 5.32 Å². The van der Waals surface area contributed by atoms with Crippen LogP contribution in [0.1, 0.15) is 58.3 Å². The molecule has 0 aromatic rings. The van der Waals surface area contributed by atoms with E-state index in [9.17, 15) is 0 Å². The maximum absolute atomic E-state index is 3.90. The van der Waals surface area contributed by atoms with Gasteiger partial charge in [0.05, 0.1) is 0 Å². The number of unbranched alkanes of at least 4 members (excludes halogenated alkanes) is 2. The molecule has 0 aromatic carbocycles. The molecule has 0 aliphatic heterocycles. The van der Waals surface area contributed by atoms with Gasteiger partial charge in [0, 0.05) is 6.04 Å². The predicted octanol–water partition coefficient (Wildman–Crippen LogP) is 3.59. The average molecular weight is 221 g/mol. The smallest absolute Gasteiger partial charge is 0.0124 e. The summed E-state index contributed by atoms with van der Waals surface area (Å²) in [6, 6.07) is 0.907. The maximum Gasteiger partial charge on any atom is 0.0124 e. The molecule has 1 heteroatoms. The van der Waals surface area contributed by atoms with Crippen molar-refractivity contribution in [2.24, 2.45) is 23.7 Å². The van der Waals surface area contributed by atoms with Gasteiger partial charge in [-0.1, -0.05) is 19.8 Å². The molecule has 16 heavy (non-hydrogen) atoms. The summed E-state index contributed by atoms with van der Waals surface area (Å²) in [5, 5.41) is 3.90. The fourth-order valence-corrected chi connectivity index (χ4v) is 4.90. The SMILES string of the molecule is CCCCCNC1C2CC3CC(C2)CC1C3. The molecule has 4 aliphatic rings. The normalized spacial score (nSPS) is 45.2. The number of nitrogens with one attached hydrogen (secondary N) is 1. The molecule has 0 atom stereocenters. The molecule has 0 unspecified atom stereocenters. The summed E-state index contributed by atoms with van der Waals surface area (Å²) >= 11 is 0. The van der Waals surface area contributed by atoms with Crippen LogP contribution in [0.3, 0.4) is 0 Å². The van der Waals surface area contributed by atoms with Crippen LogP contribution in [0.2, 0.25) is 0 Å². The van der Waals surface area contributed by atoms with Crippen molar-refractivity contribution in [3.63, 3.8) is 0 Å². The first-order valence-electron chi connectivity index (χ1n) is 7.60. The second-order valence-electron chi connectivity index (χ2n) is 6.62. The summed E-state index contributed by atoms with van der Waals surface area (Å²) in [5.41, 5.74) is 0. The lowest BCUT2D eigenvalue weighted by Crippen LogP contribution is -2.54. The summed E-state index contributed by atoms with van der Waals surface area (Å²) in [4.78, 5) is 0. The van der Waals surface area contributed by atoms with Crippen molar-refractivity contribution < 1.29 is 0 Å². The highest BCUT2D eigenvalue weighted by molar-refractivity contribution is 5.01. The van der Waals surface area contributed by atoms with Gasteiger partial charge in [-0.2, -0.15) is 0 Å². The molecular weight excluding hydrogens is 194 g/mol. The zero-order chi connectivity index (χ0) is 11.0. The zero-order valence-corrected chi connectivity index (χ0v) is 10.8. The first kappa shape index (κ1) is 11.1. The summed E-state index contributed by atoms with van der Waals surface area (Å²) in [5.74, 6) is 4.35. The first-order chi connectivity index (χ1) is 7.86. The fourth-order valence-electron chi connectivity index (χ4n) is 4.90. The van der Waals surface area contributed by atoms with Crippen LogP contribution >= 0.6 is 0 Å². The van der Waals surface area contributed by atoms with E-state index < -0.39 is 0 Å². The fraction of sp³-hybridized carbons (Fsp3) is 1.00. The van der Waals surface area contributed by atoms with Gasteiger partial charge in [-0.15, -0.1) is 0 Å². The molecule has 0 spiro atoms. The van der Waals surface area contributed by atoms with Gasteiger partial charge in [0.2, 0.25) is 0 Å². The quantitative estimate of drug-likeness (QED) is 0.700. The van der Waals surface area contributed by atoms with Crippen LogP contribution in [0.5, 0.6) is 0 Å². The van der Waals surface area contributed by atoms with E-state index in [1.807, 2.05) is 0 Å². The van der Waals surface area contributed by atoms with Gasteiger partial charge in [-0.05, 0) is 68.7 Å². The van der Waals surface area contributed by atoms with Crippen LogP contribution in [0.25, 0.3) is 0 Å². The van der Waals surface area contributed by atoms with Crippen molar-refractivity contribution in [2.75, 3.05) is 6.54 Å². The second-order valence-corrected chi connectivity index (χ2v) is 6.62. The highest BCUT2D eigenvalue weighted by atomic mass is 14.9. The van der Waals surface area contributed by atoms with E-state index in [0.29, 0.717) is 0 Å². The van der Waals surface area contributed by atoms with E-state index in [0.717, 1.165) is 29.7 Å². The monoisotopic (exact) mass is 221 g/mol.